The summed E-state index contributed by atoms with van der Waals surface area (Å²) in [6, 6.07) is 6.72. The second-order valence-electron chi connectivity index (χ2n) is 5.38. The molecular weight excluding hydrogens is 274 g/mol. The summed E-state index contributed by atoms with van der Waals surface area (Å²) in [7, 11) is -3.50. The molecule has 2 unspecified atom stereocenters. The Labute approximate surface area is 120 Å². The number of sulfonamides is 1. The van der Waals surface area contributed by atoms with Crippen molar-refractivity contribution < 1.29 is 8.42 Å². The first kappa shape index (κ1) is 15.0. The number of nitrogens with two attached hydrogens (primary N) is 1. The average molecular weight is 293 g/mol. The maximum absolute atomic E-state index is 12.6. The van der Waals surface area contributed by atoms with Crippen LogP contribution in [0.15, 0.2) is 23.1 Å². The molecule has 5 nitrogen and oxygen atoms in total. The molecule has 1 aromatic carbocycles. The minimum atomic E-state index is -3.50. The van der Waals surface area contributed by atoms with E-state index in [-0.39, 0.29) is 16.9 Å². The van der Waals surface area contributed by atoms with Gasteiger partial charge in [-0.25, -0.2) is 8.42 Å². The quantitative estimate of drug-likeness (QED) is 0.888. The molecule has 1 aromatic rings. The summed E-state index contributed by atoms with van der Waals surface area (Å²) in [6.45, 7) is 4.61. The van der Waals surface area contributed by atoms with E-state index >= 15 is 0 Å². The van der Waals surface area contributed by atoms with Gasteiger partial charge in [0.15, 0.2) is 0 Å². The zero-order valence-electron chi connectivity index (χ0n) is 11.7. The smallest absolute Gasteiger partial charge is 0.243 e. The van der Waals surface area contributed by atoms with E-state index in [1.807, 2.05) is 13.0 Å². The van der Waals surface area contributed by atoms with Crippen LogP contribution in [0.3, 0.4) is 0 Å². The van der Waals surface area contributed by atoms with Gasteiger partial charge in [0.2, 0.25) is 10.0 Å². The van der Waals surface area contributed by atoms with Crippen LogP contribution in [0.25, 0.3) is 0 Å². The van der Waals surface area contributed by atoms with Gasteiger partial charge in [-0.15, -0.1) is 0 Å². The summed E-state index contributed by atoms with van der Waals surface area (Å²) in [5.74, 6) is 0.151. The molecule has 1 fully saturated rings. The lowest BCUT2D eigenvalue weighted by atomic mass is 9.96. The number of rotatable bonds is 2. The number of nitrogens with zero attached hydrogens (tertiary/aromatic N) is 2. The van der Waals surface area contributed by atoms with Gasteiger partial charge in [0.1, 0.15) is 0 Å². The molecule has 2 atom stereocenters. The molecule has 0 bridgehead atoms. The zero-order valence-corrected chi connectivity index (χ0v) is 12.5. The van der Waals surface area contributed by atoms with E-state index in [1.165, 1.54) is 10.4 Å². The molecule has 0 radical (unpaired) electrons. The first-order valence-corrected chi connectivity index (χ1v) is 8.06. The Hall–Kier alpha value is -1.42. The van der Waals surface area contributed by atoms with E-state index in [0.29, 0.717) is 30.6 Å². The topological polar surface area (TPSA) is 87.2 Å². The summed E-state index contributed by atoms with van der Waals surface area (Å²) in [5.41, 5.74) is 7.10. The molecule has 0 spiro atoms. The number of hydrogen-bond donors (Lipinski definition) is 1. The second kappa shape index (κ2) is 5.52. The molecule has 0 aliphatic carbocycles. The van der Waals surface area contributed by atoms with Crippen LogP contribution in [0.2, 0.25) is 0 Å². The monoisotopic (exact) mass is 293 g/mol. The van der Waals surface area contributed by atoms with Crippen LogP contribution in [-0.4, -0.2) is 31.9 Å². The molecule has 2 N–H and O–H groups in total. The zero-order chi connectivity index (χ0) is 14.9. The minimum Gasteiger partial charge on any atom is -0.327 e. The van der Waals surface area contributed by atoms with E-state index < -0.39 is 10.0 Å². The lowest BCUT2D eigenvalue weighted by molar-refractivity contribution is 0.250. The van der Waals surface area contributed by atoms with Crippen molar-refractivity contribution >= 4 is 10.0 Å². The van der Waals surface area contributed by atoms with E-state index in [1.54, 1.807) is 19.1 Å². The van der Waals surface area contributed by atoms with Crippen molar-refractivity contribution in [1.82, 2.24) is 4.31 Å². The van der Waals surface area contributed by atoms with Gasteiger partial charge in [-0.05, 0) is 43.0 Å². The summed E-state index contributed by atoms with van der Waals surface area (Å²) < 4.78 is 26.7. The Morgan fingerprint density at radius 2 is 2.15 bits per heavy atom. The standard InChI is InChI=1S/C14H19N3O2S/c1-10-7-13(4-3-12(10)8-15)20(18,19)17-6-5-14(16)11(2)9-17/h3-4,7,11,14H,5-6,9,16H2,1-2H3. The largest absolute Gasteiger partial charge is 0.327 e. The highest BCUT2D eigenvalue weighted by atomic mass is 32.2. The van der Waals surface area contributed by atoms with Gasteiger partial charge in [-0.2, -0.15) is 9.57 Å². The molecular formula is C14H19N3O2S. The predicted octanol–water partition coefficient (Wildman–Crippen LogP) is 1.22. The summed E-state index contributed by atoms with van der Waals surface area (Å²) >= 11 is 0. The number of nitriles is 1. The molecule has 20 heavy (non-hydrogen) atoms. The molecule has 108 valence electrons. The molecule has 1 aliphatic rings. The highest BCUT2D eigenvalue weighted by molar-refractivity contribution is 7.89. The Balaban J connectivity index is 2.31. The first-order chi connectivity index (χ1) is 9.36. The van der Waals surface area contributed by atoms with Crippen LogP contribution < -0.4 is 5.73 Å². The number of benzene rings is 1. The van der Waals surface area contributed by atoms with Gasteiger partial charge in [0.25, 0.3) is 0 Å². The minimum absolute atomic E-state index is 0.0594. The maximum Gasteiger partial charge on any atom is 0.243 e. The van der Waals surface area contributed by atoms with Gasteiger partial charge < -0.3 is 5.73 Å². The van der Waals surface area contributed by atoms with Gasteiger partial charge in [0, 0.05) is 19.1 Å². The molecule has 0 saturated carbocycles. The van der Waals surface area contributed by atoms with Gasteiger partial charge >= 0.3 is 0 Å². The third kappa shape index (κ3) is 2.70. The molecule has 6 heteroatoms. The summed E-state index contributed by atoms with van der Waals surface area (Å²) in [4.78, 5) is 0.247. The Morgan fingerprint density at radius 3 is 2.70 bits per heavy atom. The molecule has 2 rings (SSSR count). The third-order valence-electron chi connectivity index (χ3n) is 3.89. The van der Waals surface area contributed by atoms with E-state index in [4.69, 9.17) is 11.0 Å². The molecule has 0 amide bonds. The van der Waals surface area contributed by atoms with Crippen molar-refractivity contribution in [3.05, 3.63) is 29.3 Å². The fourth-order valence-electron chi connectivity index (χ4n) is 2.41. The third-order valence-corrected chi connectivity index (χ3v) is 5.75. The van der Waals surface area contributed by atoms with Gasteiger partial charge in [-0.1, -0.05) is 6.92 Å². The van der Waals surface area contributed by atoms with Gasteiger partial charge in [0.05, 0.1) is 16.5 Å². The lowest BCUT2D eigenvalue weighted by Crippen LogP contribution is -2.48. The second-order valence-corrected chi connectivity index (χ2v) is 7.32. The van der Waals surface area contributed by atoms with Crippen molar-refractivity contribution in [3.63, 3.8) is 0 Å². The van der Waals surface area contributed by atoms with Crippen LogP contribution in [-0.2, 0) is 10.0 Å². The molecule has 1 aliphatic heterocycles. The summed E-state index contributed by atoms with van der Waals surface area (Å²) in [6.07, 6.45) is 0.676. The van der Waals surface area contributed by atoms with E-state index in [0.717, 1.165) is 0 Å². The normalized spacial score (nSPS) is 24.3. The van der Waals surface area contributed by atoms with Crippen molar-refractivity contribution in [2.75, 3.05) is 13.1 Å². The maximum atomic E-state index is 12.6. The van der Waals surface area contributed by atoms with Crippen molar-refractivity contribution in [2.45, 2.75) is 31.2 Å². The van der Waals surface area contributed by atoms with Crippen LogP contribution in [0.1, 0.15) is 24.5 Å². The van der Waals surface area contributed by atoms with Crippen LogP contribution >= 0.6 is 0 Å². The Bertz CT molecular complexity index is 649. The number of piperidine rings is 1. The molecule has 1 heterocycles. The number of aryl methyl sites for hydroxylation is 1. The highest BCUT2D eigenvalue weighted by Crippen LogP contribution is 2.24. The van der Waals surface area contributed by atoms with Crippen molar-refractivity contribution in [2.24, 2.45) is 11.7 Å². The fraction of sp³-hybridized carbons (Fsp3) is 0.500. The van der Waals surface area contributed by atoms with Crippen LogP contribution in [0, 0.1) is 24.2 Å². The highest BCUT2D eigenvalue weighted by Gasteiger charge is 2.32. The van der Waals surface area contributed by atoms with Gasteiger partial charge in [-0.3, -0.25) is 0 Å². The molecule has 0 aromatic heterocycles. The fourth-order valence-corrected chi connectivity index (χ4v) is 4.06. The van der Waals surface area contributed by atoms with Crippen LogP contribution in [0.4, 0.5) is 0 Å². The van der Waals surface area contributed by atoms with Crippen molar-refractivity contribution in [1.29, 1.82) is 5.26 Å². The number of hydrogen-bond acceptors (Lipinski definition) is 4. The van der Waals surface area contributed by atoms with E-state index in [2.05, 4.69) is 0 Å². The molecule has 1 saturated heterocycles. The lowest BCUT2D eigenvalue weighted by Gasteiger charge is -2.34. The summed E-state index contributed by atoms with van der Waals surface area (Å²) in [5, 5.41) is 8.90. The SMILES string of the molecule is Cc1cc(S(=O)(=O)N2CCC(N)C(C)C2)ccc1C#N. The Morgan fingerprint density at radius 1 is 1.45 bits per heavy atom. The van der Waals surface area contributed by atoms with Crippen LogP contribution in [0.5, 0.6) is 0 Å². The Kier molecular flexibility index (Phi) is 4.14. The van der Waals surface area contributed by atoms with E-state index in [9.17, 15) is 8.42 Å². The average Bonchev–Trinajstić information content (AvgIpc) is 2.41. The predicted molar refractivity (Wildman–Crippen MR) is 76.4 cm³/mol. The van der Waals surface area contributed by atoms with Crippen molar-refractivity contribution in [3.8, 4) is 6.07 Å². The first-order valence-electron chi connectivity index (χ1n) is 6.62.